The Bertz CT molecular complexity index is 586. The van der Waals surface area contributed by atoms with Crippen molar-refractivity contribution in [2.45, 2.75) is 51.6 Å². The second-order valence-electron chi connectivity index (χ2n) is 7.05. The fraction of sp³-hybridized carbons (Fsp3) is 0.400. The molecule has 0 radical (unpaired) electrons. The number of hydrogen-bond donors (Lipinski definition) is 2. The smallest absolute Gasteiger partial charge is 0.119 e. The number of phenols is 1. The zero-order valence-electron chi connectivity index (χ0n) is 14.0. The molecule has 2 aromatic rings. The van der Waals surface area contributed by atoms with Crippen LogP contribution in [0.5, 0.6) is 5.75 Å². The molecule has 2 rings (SSSR count). The van der Waals surface area contributed by atoms with Gasteiger partial charge in [0.1, 0.15) is 5.75 Å². The van der Waals surface area contributed by atoms with E-state index in [1.807, 2.05) is 24.3 Å². The number of aromatic hydroxyl groups is 1. The van der Waals surface area contributed by atoms with Gasteiger partial charge in [-0.1, -0.05) is 48.5 Å². The summed E-state index contributed by atoms with van der Waals surface area (Å²) < 4.78 is 0. The lowest BCUT2D eigenvalue weighted by molar-refractivity contribution is 0.351. The molecule has 0 amide bonds. The van der Waals surface area contributed by atoms with Crippen molar-refractivity contribution >= 4 is 0 Å². The maximum Gasteiger partial charge on any atom is 0.119 e. The van der Waals surface area contributed by atoms with Crippen LogP contribution in [-0.2, 0) is 0 Å². The maximum absolute atomic E-state index is 10.3. The molecule has 0 heterocycles. The van der Waals surface area contributed by atoms with Gasteiger partial charge >= 0.3 is 0 Å². The minimum atomic E-state index is 0.0827. The number of nitrogens with one attached hydrogen (secondary N) is 1. The van der Waals surface area contributed by atoms with E-state index in [2.05, 4.69) is 57.3 Å². The van der Waals surface area contributed by atoms with Crippen molar-refractivity contribution in [1.82, 2.24) is 5.32 Å². The molecule has 1 unspecified atom stereocenters. The highest BCUT2D eigenvalue weighted by atomic mass is 16.3. The van der Waals surface area contributed by atoms with Crippen LogP contribution >= 0.6 is 0 Å². The minimum Gasteiger partial charge on any atom is -0.508 e. The van der Waals surface area contributed by atoms with Gasteiger partial charge in [0.15, 0.2) is 0 Å². The molecule has 0 aromatic heterocycles. The fourth-order valence-corrected chi connectivity index (χ4v) is 3.06. The highest BCUT2D eigenvalue weighted by molar-refractivity contribution is 5.41. The number of hydrogen-bond acceptors (Lipinski definition) is 2. The summed E-state index contributed by atoms with van der Waals surface area (Å²) in [6.07, 6.45) is 0.943. The standard InChI is InChI=1S/C20H27NO/c1-15(21-20(2,3)4)14-18(16-10-6-5-7-11-16)17-12-8-9-13-19(17)22/h5-13,15,18,21-22H,14H2,1-4H3/t15-,18?/m0/s1. The van der Waals surface area contributed by atoms with Gasteiger partial charge in [-0.3, -0.25) is 0 Å². The summed E-state index contributed by atoms with van der Waals surface area (Å²) in [6, 6.07) is 18.4. The molecule has 0 saturated carbocycles. The minimum absolute atomic E-state index is 0.0827. The van der Waals surface area contributed by atoms with E-state index in [-0.39, 0.29) is 11.5 Å². The topological polar surface area (TPSA) is 32.3 Å². The van der Waals surface area contributed by atoms with E-state index in [0.717, 1.165) is 12.0 Å². The summed E-state index contributed by atoms with van der Waals surface area (Å²) in [4.78, 5) is 0. The van der Waals surface area contributed by atoms with Gasteiger partial charge in [-0.15, -0.1) is 0 Å². The molecule has 22 heavy (non-hydrogen) atoms. The van der Waals surface area contributed by atoms with Gasteiger partial charge in [0.05, 0.1) is 0 Å². The average Bonchev–Trinajstić information content (AvgIpc) is 2.45. The first kappa shape index (κ1) is 16.6. The van der Waals surface area contributed by atoms with Crippen LogP contribution in [0.4, 0.5) is 0 Å². The Morgan fingerprint density at radius 3 is 2.14 bits per heavy atom. The van der Waals surface area contributed by atoms with Gasteiger partial charge in [-0.25, -0.2) is 0 Å². The summed E-state index contributed by atoms with van der Waals surface area (Å²) in [5.41, 5.74) is 2.32. The van der Waals surface area contributed by atoms with E-state index in [9.17, 15) is 5.11 Å². The van der Waals surface area contributed by atoms with Gasteiger partial charge in [0, 0.05) is 23.1 Å². The summed E-state index contributed by atoms with van der Waals surface area (Å²) in [6.45, 7) is 8.75. The molecular formula is C20H27NO. The van der Waals surface area contributed by atoms with Crippen LogP contribution in [0.3, 0.4) is 0 Å². The Morgan fingerprint density at radius 2 is 1.55 bits per heavy atom. The SMILES string of the molecule is C[C@@H](CC(c1ccccc1)c1ccccc1O)NC(C)(C)C. The molecule has 0 aliphatic rings. The number of para-hydroxylation sites is 1. The Balaban J connectivity index is 2.29. The molecule has 0 fully saturated rings. The molecule has 2 aromatic carbocycles. The summed E-state index contributed by atoms with van der Waals surface area (Å²) in [7, 11) is 0. The molecule has 0 spiro atoms. The van der Waals surface area contributed by atoms with Crippen molar-refractivity contribution < 1.29 is 5.11 Å². The summed E-state index contributed by atoms with van der Waals surface area (Å²) in [5.74, 6) is 0.562. The predicted molar refractivity (Wildman–Crippen MR) is 93.4 cm³/mol. The lowest BCUT2D eigenvalue weighted by atomic mass is 9.85. The third-order valence-corrected chi connectivity index (χ3v) is 3.78. The van der Waals surface area contributed by atoms with Gasteiger partial charge in [-0.05, 0) is 45.7 Å². The number of phenolic OH excluding ortho intramolecular Hbond substituents is 1. The zero-order chi connectivity index (χ0) is 16.2. The number of rotatable bonds is 5. The Kier molecular flexibility index (Phi) is 5.25. The van der Waals surface area contributed by atoms with Gasteiger partial charge in [0.25, 0.3) is 0 Å². The van der Waals surface area contributed by atoms with Crippen LogP contribution < -0.4 is 5.32 Å². The highest BCUT2D eigenvalue weighted by Gasteiger charge is 2.22. The fourth-order valence-electron chi connectivity index (χ4n) is 3.06. The monoisotopic (exact) mass is 297 g/mol. The second kappa shape index (κ2) is 6.97. The van der Waals surface area contributed by atoms with Crippen molar-refractivity contribution in [3.63, 3.8) is 0 Å². The van der Waals surface area contributed by atoms with E-state index in [0.29, 0.717) is 11.8 Å². The van der Waals surface area contributed by atoms with E-state index in [4.69, 9.17) is 0 Å². The van der Waals surface area contributed by atoms with Gasteiger partial charge in [-0.2, -0.15) is 0 Å². The molecule has 0 bridgehead atoms. The van der Waals surface area contributed by atoms with Crippen LogP contribution in [0, 0.1) is 0 Å². The first-order chi connectivity index (χ1) is 10.4. The Labute approximate surface area is 134 Å². The Morgan fingerprint density at radius 1 is 0.955 bits per heavy atom. The average molecular weight is 297 g/mol. The third kappa shape index (κ3) is 4.60. The second-order valence-corrected chi connectivity index (χ2v) is 7.05. The zero-order valence-corrected chi connectivity index (χ0v) is 14.0. The van der Waals surface area contributed by atoms with Crippen LogP contribution in [0.25, 0.3) is 0 Å². The molecule has 2 N–H and O–H groups in total. The lowest BCUT2D eigenvalue weighted by Gasteiger charge is -2.29. The maximum atomic E-state index is 10.3. The predicted octanol–water partition coefficient (Wildman–Crippen LogP) is 4.69. The quantitative estimate of drug-likeness (QED) is 0.839. The van der Waals surface area contributed by atoms with E-state index < -0.39 is 0 Å². The van der Waals surface area contributed by atoms with E-state index in [1.165, 1.54) is 5.56 Å². The molecule has 0 aliphatic heterocycles. The van der Waals surface area contributed by atoms with Crippen LogP contribution in [0.1, 0.15) is 51.2 Å². The van der Waals surface area contributed by atoms with Crippen molar-refractivity contribution in [3.05, 3.63) is 65.7 Å². The molecule has 2 heteroatoms. The normalized spacial score (nSPS) is 14.5. The van der Waals surface area contributed by atoms with E-state index in [1.54, 1.807) is 6.07 Å². The molecule has 2 atom stereocenters. The Hall–Kier alpha value is -1.80. The molecule has 2 nitrogen and oxygen atoms in total. The molecular weight excluding hydrogens is 270 g/mol. The molecule has 118 valence electrons. The largest absolute Gasteiger partial charge is 0.508 e. The molecule has 0 aliphatic carbocycles. The third-order valence-electron chi connectivity index (χ3n) is 3.78. The van der Waals surface area contributed by atoms with Crippen LogP contribution in [0.15, 0.2) is 54.6 Å². The lowest BCUT2D eigenvalue weighted by Crippen LogP contribution is -2.42. The van der Waals surface area contributed by atoms with Crippen molar-refractivity contribution in [2.24, 2.45) is 0 Å². The van der Waals surface area contributed by atoms with Crippen LogP contribution in [0.2, 0.25) is 0 Å². The first-order valence-electron chi connectivity index (χ1n) is 7.97. The summed E-state index contributed by atoms with van der Waals surface area (Å²) >= 11 is 0. The first-order valence-corrected chi connectivity index (χ1v) is 7.97. The van der Waals surface area contributed by atoms with Crippen molar-refractivity contribution in [2.75, 3.05) is 0 Å². The van der Waals surface area contributed by atoms with Crippen molar-refractivity contribution in [3.8, 4) is 5.75 Å². The molecule has 0 saturated heterocycles. The van der Waals surface area contributed by atoms with Crippen LogP contribution in [-0.4, -0.2) is 16.7 Å². The number of benzene rings is 2. The van der Waals surface area contributed by atoms with Crippen molar-refractivity contribution in [1.29, 1.82) is 0 Å². The van der Waals surface area contributed by atoms with E-state index >= 15 is 0 Å². The highest BCUT2D eigenvalue weighted by Crippen LogP contribution is 2.34. The van der Waals surface area contributed by atoms with Gasteiger partial charge in [0.2, 0.25) is 0 Å². The van der Waals surface area contributed by atoms with Gasteiger partial charge < -0.3 is 10.4 Å². The summed E-state index contributed by atoms with van der Waals surface area (Å²) in [5, 5.41) is 13.9.